The van der Waals surface area contributed by atoms with Crippen LogP contribution in [0.3, 0.4) is 0 Å². The Morgan fingerprint density at radius 1 is 0.958 bits per heavy atom. The molecule has 0 bridgehead atoms. The Hall–Kier alpha value is -3.14. The highest BCUT2D eigenvalue weighted by atomic mass is 16.5. The van der Waals surface area contributed by atoms with Gasteiger partial charge >= 0.3 is 5.97 Å². The van der Waals surface area contributed by atoms with Crippen molar-refractivity contribution in [1.82, 2.24) is 0 Å². The number of benzene rings is 2. The van der Waals surface area contributed by atoms with E-state index in [2.05, 4.69) is 0 Å². The van der Waals surface area contributed by atoms with Gasteiger partial charge in [-0.15, -0.1) is 0 Å². The first-order valence-corrected chi connectivity index (χ1v) is 7.55. The zero-order valence-electron chi connectivity index (χ0n) is 13.2. The third-order valence-electron chi connectivity index (χ3n) is 3.64. The van der Waals surface area contributed by atoms with Crippen LogP contribution < -0.4 is 0 Å². The summed E-state index contributed by atoms with van der Waals surface area (Å²) in [5, 5.41) is 0. The molecule has 0 unspecified atom stereocenters. The Kier molecular flexibility index (Phi) is 4.57. The zero-order chi connectivity index (χ0) is 16.9. The minimum absolute atomic E-state index is 0.0953. The minimum atomic E-state index is -0.653. The van der Waals surface area contributed by atoms with Crippen molar-refractivity contribution >= 4 is 11.8 Å². The maximum Gasteiger partial charge on any atom is 0.375 e. The summed E-state index contributed by atoms with van der Waals surface area (Å²) in [4.78, 5) is 24.3. The van der Waals surface area contributed by atoms with Crippen LogP contribution in [0.25, 0.3) is 11.1 Å². The quantitative estimate of drug-likeness (QED) is 0.519. The fraction of sp³-hybridized carbons (Fsp3) is 0.100. The Bertz CT molecular complexity index is 845. The monoisotopic (exact) mass is 320 g/mol. The van der Waals surface area contributed by atoms with Crippen LogP contribution in [0.4, 0.5) is 0 Å². The van der Waals surface area contributed by atoms with E-state index in [1.54, 1.807) is 18.2 Å². The lowest BCUT2D eigenvalue weighted by Crippen LogP contribution is -2.14. The highest BCUT2D eigenvalue weighted by Gasteiger charge is 2.19. The van der Waals surface area contributed by atoms with Crippen LogP contribution in [0.2, 0.25) is 0 Å². The summed E-state index contributed by atoms with van der Waals surface area (Å²) in [6.45, 7) is 1.62. The molecule has 1 aromatic heterocycles. The van der Waals surface area contributed by atoms with E-state index in [4.69, 9.17) is 9.15 Å². The smallest absolute Gasteiger partial charge is 0.375 e. The normalized spacial score (nSPS) is 10.4. The summed E-state index contributed by atoms with van der Waals surface area (Å²) in [7, 11) is 0. The lowest BCUT2D eigenvalue weighted by atomic mass is 10.1. The Labute approximate surface area is 139 Å². The number of hydrogen-bond donors (Lipinski definition) is 0. The van der Waals surface area contributed by atoms with E-state index in [-0.39, 0.29) is 18.2 Å². The molecule has 2 aromatic carbocycles. The minimum Gasteiger partial charge on any atom is -0.457 e. The number of ether oxygens (including phenoxy) is 1. The maximum absolute atomic E-state index is 12.2. The van der Waals surface area contributed by atoms with Gasteiger partial charge in [-0.1, -0.05) is 60.2 Å². The molecular formula is C20H16O4. The molecule has 4 heteroatoms. The number of hydrogen-bond acceptors (Lipinski definition) is 4. The van der Waals surface area contributed by atoms with Crippen molar-refractivity contribution in [2.75, 3.05) is 6.61 Å². The van der Waals surface area contributed by atoms with Crippen LogP contribution in [-0.2, 0) is 4.74 Å². The van der Waals surface area contributed by atoms with Gasteiger partial charge in [0.1, 0.15) is 0 Å². The van der Waals surface area contributed by atoms with Gasteiger partial charge in [0.2, 0.25) is 5.76 Å². The van der Waals surface area contributed by atoms with Gasteiger partial charge in [-0.2, -0.15) is 0 Å². The van der Waals surface area contributed by atoms with Crippen LogP contribution in [-0.4, -0.2) is 18.4 Å². The Morgan fingerprint density at radius 3 is 2.38 bits per heavy atom. The SMILES string of the molecule is Cc1ccc(C(=O)COC(=O)c2occc2-c2ccccc2)cc1. The van der Waals surface area contributed by atoms with Gasteiger partial charge in [-0.3, -0.25) is 4.79 Å². The first-order valence-electron chi connectivity index (χ1n) is 7.55. The van der Waals surface area contributed by atoms with E-state index >= 15 is 0 Å². The van der Waals surface area contributed by atoms with Gasteiger partial charge in [0.05, 0.1) is 6.26 Å². The fourth-order valence-corrected chi connectivity index (χ4v) is 2.33. The summed E-state index contributed by atoms with van der Waals surface area (Å²) < 4.78 is 10.4. The van der Waals surface area contributed by atoms with Gasteiger partial charge in [-0.25, -0.2) is 4.79 Å². The van der Waals surface area contributed by atoms with Crippen molar-refractivity contribution in [3.05, 3.63) is 83.8 Å². The second-order valence-electron chi connectivity index (χ2n) is 5.39. The van der Waals surface area contributed by atoms with Crippen LogP contribution >= 0.6 is 0 Å². The largest absolute Gasteiger partial charge is 0.457 e. The van der Waals surface area contributed by atoms with Crippen molar-refractivity contribution in [1.29, 1.82) is 0 Å². The molecule has 24 heavy (non-hydrogen) atoms. The van der Waals surface area contributed by atoms with Gasteiger partial charge in [-0.05, 0) is 18.6 Å². The van der Waals surface area contributed by atoms with Crippen molar-refractivity contribution in [2.45, 2.75) is 6.92 Å². The van der Waals surface area contributed by atoms with E-state index in [1.807, 2.05) is 49.4 Å². The van der Waals surface area contributed by atoms with Crippen molar-refractivity contribution in [3.63, 3.8) is 0 Å². The number of carbonyl (C=O) groups excluding carboxylic acids is 2. The van der Waals surface area contributed by atoms with Crippen LogP contribution in [0.5, 0.6) is 0 Å². The molecule has 0 amide bonds. The van der Waals surface area contributed by atoms with Crippen molar-refractivity contribution < 1.29 is 18.7 Å². The number of Topliss-reactive ketones (excluding diaryl/α,β-unsaturated/α-hetero) is 1. The molecule has 0 aliphatic carbocycles. The predicted octanol–water partition coefficient (Wildman–Crippen LogP) is 4.29. The first-order chi connectivity index (χ1) is 11.6. The van der Waals surface area contributed by atoms with Gasteiger partial charge < -0.3 is 9.15 Å². The van der Waals surface area contributed by atoms with Crippen molar-refractivity contribution in [2.24, 2.45) is 0 Å². The molecule has 0 saturated carbocycles. The topological polar surface area (TPSA) is 56.5 Å². The van der Waals surface area contributed by atoms with E-state index in [9.17, 15) is 9.59 Å². The Morgan fingerprint density at radius 2 is 1.67 bits per heavy atom. The molecule has 0 radical (unpaired) electrons. The summed E-state index contributed by atoms with van der Waals surface area (Å²) in [5.74, 6) is -0.812. The molecule has 4 nitrogen and oxygen atoms in total. The molecule has 0 aliphatic heterocycles. The van der Waals surface area contributed by atoms with E-state index in [0.29, 0.717) is 11.1 Å². The van der Waals surface area contributed by atoms with E-state index in [0.717, 1.165) is 11.1 Å². The van der Waals surface area contributed by atoms with Crippen LogP contribution in [0.15, 0.2) is 71.3 Å². The highest BCUT2D eigenvalue weighted by molar-refractivity contribution is 6.00. The summed E-state index contributed by atoms with van der Waals surface area (Å²) >= 11 is 0. The standard InChI is InChI=1S/C20H16O4/c1-14-7-9-16(10-8-14)18(21)13-24-20(22)19-17(11-12-23-19)15-5-3-2-4-6-15/h2-12H,13H2,1H3. The summed E-state index contributed by atoms with van der Waals surface area (Å²) in [6, 6.07) is 18.2. The number of carbonyl (C=O) groups is 2. The van der Waals surface area contributed by atoms with E-state index < -0.39 is 5.97 Å². The lowest BCUT2D eigenvalue weighted by molar-refractivity contribution is 0.0445. The van der Waals surface area contributed by atoms with Gasteiger partial charge in [0.25, 0.3) is 0 Å². The summed E-state index contributed by atoms with van der Waals surface area (Å²) in [6.07, 6.45) is 1.43. The lowest BCUT2D eigenvalue weighted by Gasteiger charge is -2.05. The van der Waals surface area contributed by atoms with Crippen LogP contribution in [0.1, 0.15) is 26.5 Å². The van der Waals surface area contributed by atoms with Gasteiger partial charge in [0, 0.05) is 11.1 Å². The second kappa shape index (κ2) is 6.96. The summed E-state index contributed by atoms with van der Waals surface area (Å²) in [5.41, 5.74) is 3.06. The Balaban J connectivity index is 1.69. The average Bonchev–Trinajstić information content (AvgIpc) is 3.10. The maximum atomic E-state index is 12.2. The van der Waals surface area contributed by atoms with Crippen LogP contribution in [0, 0.1) is 6.92 Å². The molecule has 0 atom stereocenters. The first kappa shape index (κ1) is 15.7. The third kappa shape index (κ3) is 3.43. The number of furan rings is 1. The van der Waals surface area contributed by atoms with Crippen molar-refractivity contribution in [3.8, 4) is 11.1 Å². The number of ketones is 1. The molecule has 0 aliphatic rings. The second-order valence-corrected chi connectivity index (χ2v) is 5.39. The average molecular weight is 320 g/mol. The number of rotatable bonds is 5. The van der Waals surface area contributed by atoms with E-state index in [1.165, 1.54) is 6.26 Å². The molecule has 3 aromatic rings. The number of esters is 1. The molecular weight excluding hydrogens is 304 g/mol. The molecule has 1 heterocycles. The molecule has 0 N–H and O–H groups in total. The predicted molar refractivity (Wildman–Crippen MR) is 89.9 cm³/mol. The molecule has 3 rings (SSSR count). The molecule has 0 fully saturated rings. The molecule has 120 valence electrons. The molecule has 0 saturated heterocycles. The van der Waals surface area contributed by atoms with Gasteiger partial charge in [0.15, 0.2) is 12.4 Å². The third-order valence-corrected chi connectivity index (χ3v) is 3.64. The number of aryl methyl sites for hydroxylation is 1. The fourth-order valence-electron chi connectivity index (χ4n) is 2.33. The molecule has 0 spiro atoms. The zero-order valence-corrected chi connectivity index (χ0v) is 13.2. The highest BCUT2D eigenvalue weighted by Crippen LogP contribution is 2.25.